The molecular formula is C16H21NO3. The summed E-state index contributed by atoms with van der Waals surface area (Å²) < 4.78 is 0. The molecule has 2 atom stereocenters. The Hall–Kier alpha value is -1.84. The molecule has 1 N–H and O–H groups in total. The third-order valence-electron chi connectivity index (χ3n) is 4.39. The van der Waals surface area contributed by atoms with Crippen molar-refractivity contribution in [3.8, 4) is 0 Å². The van der Waals surface area contributed by atoms with Gasteiger partial charge in [-0.25, -0.2) is 0 Å². The number of carboxylic acids is 1. The van der Waals surface area contributed by atoms with E-state index in [-0.39, 0.29) is 11.9 Å². The number of carbonyl (C=O) groups excluding carboxylic acids is 1. The van der Waals surface area contributed by atoms with Crippen molar-refractivity contribution < 1.29 is 14.7 Å². The van der Waals surface area contributed by atoms with Gasteiger partial charge in [-0.1, -0.05) is 30.3 Å². The fourth-order valence-corrected chi connectivity index (χ4v) is 3.15. The highest BCUT2D eigenvalue weighted by Crippen LogP contribution is 2.36. The van der Waals surface area contributed by atoms with E-state index in [4.69, 9.17) is 0 Å². The van der Waals surface area contributed by atoms with Gasteiger partial charge < -0.3 is 10.0 Å². The van der Waals surface area contributed by atoms with Gasteiger partial charge in [0.25, 0.3) is 0 Å². The average molecular weight is 275 g/mol. The van der Waals surface area contributed by atoms with Crippen molar-refractivity contribution in [2.75, 3.05) is 6.54 Å². The van der Waals surface area contributed by atoms with Gasteiger partial charge >= 0.3 is 5.97 Å². The fraction of sp³-hybridized carbons (Fsp3) is 0.500. The van der Waals surface area contributed by atoms with Gasteiger partial charge in [0.15, 0.2) is 0 Å². The Morgan fingerprint density at radius 1 is 1.25 bits per heavy atom. The number of amides is 1. The number of nitrogens with zero attached hydrogens (tertiary/aromatic N) is 1. The van der Waals surface area contributed by atoms with Gasteiger partial charge in [-0.05, 0) is 31.7 Å². The SMILES string of the molecule is CC(=O)N1CCCCC1C(C)(C(=O)O)c1ccccc1. The number of hydrogen-bond acceptors (Lipinski definition) is 2. The van der Waals surface area contributed by atoms with Crippen LogP contribution in [0.3, 0.4) is 0 Å². The summed E-state index contributed by atoms with van der Waals surface area (Å²) in [4.78, 5) is 25.5. The highest BCUT2D eigenvalue weighted by molar-refractivity contribution is 5.84. The number of piperidine rings is 1. The summed E-state index contributed by atoms with van der Waals surface area (Å²) >= 11 is 0. The molecule has 1 aliphatic heterocycles. The Morgan fingerprint density at radius 3 is 2.45 bits per heavy atom. The molecule has 1 amide bonds. The van der Waals surface area contributed by atoms with Crippen molar-refractivity contribution in [3.63, 3.8) is 0 Å². The molecule has 1 aromatic carbocycles. The molecule has 20 heavy (non-hydrogen) atoms. The van der Waals surface area contributed by atoms with Crippen LogP contribution in [-0.4, -0.2) is 34.5 Å². The molecule has 1 fully saturated rings. The minimum atomic E-state index is -1.06. The standard InChI is InChI=1S/C16H21NO3/c1-12(18)17-11-7-6-10-14(17)16(2,15(19)20)13-8-4-3-5-9-13/h3-5,8-9,14H,6-7,10-11H2,1-2H3,(H,19,20). The van der Waals surface area contributed by atoms with Crippen LogP contribution in [-0.2, 0) is 15.0 Å². The smallest absolute Gasteiger partial charge is 0.315 e. The Balaban J connectivity index is 2.46. The molecule has 1 aromatic rings. The predicted octanol–water partition coefficient (Wildman–Crippen LogP) is 2.43. The molecule has 1 aliphatic rings. The van der Waals surface area contributed by atoms with Gasteiger partial charge in [0.2, 0.25) is 5.91 Å². The van der Waals surface area contributed by atoms with Crippen molar-refractivity contribution in [2.45, 2.75) is 44.6 Å². The first-order chi connectivity index (χ1) is 9.48. The van der Waals surface area contributed by atoms with Gasteiger partial charge in [-0.15, -0.1) is 0 Å². The summed E-state index contributed by atoms with van der Waals surface area (Å²) in [5.41, 5.74) is -0.307. The van der Waals surface area contributed by atoms with Crippen LogP contribution in [0.1, 0.15) is 38.7 Å². The molecule has 1 heterocycles. The predicted molar refractivity (Wildman–Crippen MR) is 76.5 cm³/mol. The first-order valence-electron chi connectivity index (χ1n) is 7.04. The van der Waals surface area contributed by atoms with Crippen molar-refractivity contribution in [2.24, 2.45) is 0 Å². The van der Waals surface area contributed by atoms with Crippen molar-refractivity contribution in [1.82, 2.24) is 4.90 Å². The van der Waals surface area contributed by atoms with Crippen LogP contribution < -0.4 is 0 Å². The highest BCUT2D eigenvalue weighted by atomic mass is 16.4. The van der Waals surface area contributed by atoms with Gasteiger partial charge in [0.05, 0.1) is 6.04 Å². The van der Waals surface area contributed by atoms with E-state index in [9.17, 15) is 14.7 Å². The lowest BCUT2D eigenvalue weighted by Gasteiger charge is -2.44. The molecule has 2 rings (SSSR count). The third kappa shape index (κ3) is 2.42. The molecule has 1 saturated heterocycles. The number of hydrogen-bond donors (Lipinski definition) is 1. The molecule has 0 spiro atoms. The number of carboxylic acid groups (broad SMARTS) is 1. The van der Waals surface area contributed by atoms with E-state index in [1.54, 1.807) is 11.8 Å². The Bertz CT molecular complexity index is 500. The van der Waals surface area contributed by atoms with E-state index >= 15 is 0 Å². The van der Waals surface area contributed by atoms with Crippen LogP contribution >= 0.6 is 0 Å². The van der Waals surface area contributed by atoms with Gasteiger partial charge in [-0.3, -0.25) is 9.59 Å². The summed E-state index contributed by atoms with van der Waals surface area (Å²) in [5.74, 6) is -0.917. The van der Waals surface area contributed by atoms with Crippen LogP contribution in [0.15, 0.2) is 30.3 Å². The van der Waals surface area contributed by atoms with Crippen LogP contribution in [0.4, 0.5) is 0 Å². The second-order valence-electron chi connectivity index (χ2n) is 5.60. The summed E-state index contributed by atoms with van der Waals surface area (Å²) in [7, 11) is 0. The van der Waals surface area contributed by atoms with Gasteiger partial charge in [-0.2, -0.15) is 0 Å². The molecule has 0 bridgehead atoms. The maximum Gasteiger partial charge on any atom is 0.315 e. The maximum atomic E-state index is 12.0. The molecule has 4 heteroatoms. The van der Waals surface area contributed by atoms with E-state index in [1.165, 1.54) is 6.92 Å². The number of aliphatic carboxylic acids is 1. The van der Waals surface area contributed by atoms with E-state index in [0.717, 1.165) is 24.8 Å². The Kier molecular flexibility index (Phi) is 4.12. The zero-order valence-corrected chi connectivity index (χ0v) is 12.0. The molecule has 0 aromatic heterocycles. The van der Waals surface area contributed by atoms with Crippen LogP contribution in [0.25, 0.3) is 0 Å². The minimum Gasteiger partial charge on any atom is -0.481 e. The number of benzene rings is 1. The molecule has 108 valence electrons. The van der Waals surface area contributed by atoms with E-state index in [0.29, 0.717) is 6.54 Å². The maximum absolute atomic E-state index is 12.0. The zero-order chi connectivity index (χ0) is 14.8. The molecule has 0 radical (unpaired) electrons. The quantitative estimate of drug-likeness (QED) is 0.921. The first-order valence-corrected chi connectivity index (χ1v) is 7.04. The minimum absolute atomic E-state index is 0.0434. The molecule has 4 nitrogen and oxygen atoms in total. The topological polar surface area (TPSA) is 57.6 Å². The second-order valence-corrected chi connectivity index (χ2v) is 5.60. The van der Waals surface area contributed by atoms with Crippen molar-refractivity contribution in [3.05, 3.63) is 35.9 Å². The van der Waals surface area contributed by atoms with Crippen molar-refractivity contribution in [1.29, 1.82) is 0 Å². The monoisotopic (exact) mass is 275 g/mol. The Morgan fingerprint density at radius 2 is 1.90 bits per heavy atom. The Labute approximate surface area is 119 Å². The summed E-state index contributed by atoms with van der Waals surface area (Å²) in [6.07, 6.45) is 2.64. The summed E-state index contributed by atoms with van der Waals surface area (Å²) in [5, 5.41) is 9.80. The first kappa shape index (κ1) is 14.6. The zero-order valence-electron chi connectivity index (χ0n) is 12.0. The lowest BCUT2D eigenvalue weighted by molar-refractivity contribution is -0.149. The summed E-state index contributed by atoms with van der Waals surface area (Å²) in [6.45, 7) is 3.90. The highest BCUT2D eigenvalue weighted by Gasteiger charge is 2.47. The van der Waals surface area contributed by atoms with E-state index < -0.39 is 11.4 Å². The molecule has 0 saturated carbocycles. The fourth-order valence-electron chi connectivity index (χ4n) is 3.15. The lowest BCUT2D eigenvalue weighted by atomic mass is 9.72. The third-order valence-corrected chi connectivity index (χ3v) is 4.39. The molecular weight excluding hydrogens is 254 g/mol. The lowest BCUT2D eigenvalue weighted by Crippen LogP contribution is -2.56. The number of carbonyl (C=O) groups is 2. The van der Waals surface area contributed by atoms with Crippen LogP contribution in [0.2, 0.25) is 0 Å². The van der Waals surface area contributed by atoms with E-state index in [1.807, 2.05) is 30.3 Å². The van der Waals surface area contributed by atoms with Crippen LogP contribution in [0.5, 0.6) is 0 Å². The molecule has 0 aliphatic carbocycles. The molecule has 2 unspecified atom stereocenters. The van der Waals surface area contributed by atoms with Crippen LogP contribution in [0, 0.1) is 0 Å². The van der Waals surface area contributed by atoms with Gasteiger partial charge in [0.1, 0.15) is 5.41 Å². The van der Waals surface area contributed by atoms with Crippen molar-refractivity contribution >= 4 is 11.9 Å². The van der Waals surface area contributed by atoms with Gasteiger partial charge in [0, 0.05) is 13.5 Å². The normalized spacial score (nSPS) is 22.1. The van der Waals surface area contributed by atoms with E-state index in [2.05, 4.69) is 0 Å². The number of rotatable bonds is 3. The second kappa shape index (κ2) is 5.65. The average Bonchev–Trinajstić information content (AvgIpc) is 2.47. The largest absolute Gasteiger partial charge is 0.481 e. The summed E-state index contributed by atoms with van der Waals surface area (Å²) in [6, 6.07) is 8.94. The number of likely N-dealkylation sites (tertiary alicyclic amines) is 1.